The molecule has 13 nitrogen and oxygen atoms in total. The van der Waals surface area contributed by atoms with Gasteiger partial charge in [-0.25, -0.2) is 0 Å². The van der Waals surface area contributed by atoms with Crippen molar-refractivity contribution in [3.63, 3.8) is 0 Å². The largest absolute Gasteiger partial charge is 0.459 e. The predicted molar refractivity (Wildman–Crippen MR) is 259 cm³/mol. The number of fused-ring (bicyclic) bond motifs is 3. The van der Waals surface area contributed by atoms with E-state index in [2.05, 4.69) is 36.9 Å². The number of hydrogen-bond acceptors (Lipinski definition) is 11. The number of nitro benzene ring substituents is 1. The molecular formula is C55H58N4O9. The summed E-state index contributed by atoms with van der Waals surface area (Å²) in [6.45, 7) is 6.67. The molecule has 5 aromatic rings. The standard InChI is InChI=1S/C55H58N4O9/c1-3-27-58(54(62)40-19-15-37(35-56)16-20-40)51-34-49(57-66-36-38-17-22-43(23-18-38)59(63)64)47-32-42(13-7-9-28-60)46(14-8-10-29-61)52-48-33-45(67-44-24-21-39-11-5-6-12-41(39)31-44)25-26-50(48)68-55(51,53(47)52)65-30-4-2/h4-6,11-12,15-26,31-33,42,46,51-53,60-61H,2-3,7-10,13-14,27-30,34,36H2,1H3/t42-,46+,51-,52+,53+,55+/m0/s1. The third-order valence-electron chi connectivity index (χ3n) is 13.5. The van der Waals surface area contributed by atoms with Gasteiger partial charge < -0.3 is 34.2 Å². The summed E-state index contributed by atoms with van der Waals surface area (Å²) in [5, 5.41) is 48.1. The number of unbranched alkanes of at least 4 members (excludes halogenated alkanes) is 2. The average molecular weight is 919 g/mol. The summed E-state index contributed by atoms with van der Waals surface area (Å²) in [7, 11) is 0. The van der Waals surface area contributed by atoms with Gasteiger partial charge in [0.05, 0.1) is 34.8 Å². The molecule has 1 aliphatic heterocycles. The van der Waals surface area contributed by atoms with Crippen LogP contribution in [0.3, 0.4) is 0 Å². The highest BCUT2D eigenvalue weighted by atomic mass is 16.7. The minimum absolute atomic E-state index is 0.00542. The molecule has 6 atom stereocenters. The molecule has 0 saturated heterocycles. The Hall–Kier alpha value is -6.85. The zero-order chi connectivity index (χ0) is 47.6. The Bertz CT molecular complexity index is 2690. The van der Waals surface area contributed by atoms with Crippen molar-refractivity contribution in [2.24, 2.45) is 22.9 Å². The van der Waals surface area contributed by atoms with Crippen LogP contribution in [0.25, 0.3) is 10.8 Å². The molecule has 1 saturated carbocycles. The zero-order valence-corrected chi connectivity index (χ0v) is 38.4. The molecule has 0 radical (unpaired) electrons. The van der Waals surface area contributed by atoms with E-state index in [0.29, 0.717) is 65.5 Å². The van der Waals surface area contributed by atoms with Gasteiger partial charge in [0.1, 0.15) is 29.9 Å². The van der Waals surface area contributed by atoms with Crippen LogP contribution < -0.4 is 9.47 Å². The third kappa shape index (κ3) is 10.0. The highest BCUT2D eigenvalue weighted by Crippen LogP contribution is 2.62. The number of carbonyl (C=O) groups excluding carboxylic acids is 1. The molecule has 13 heteroatoms. The smallest absolute Gasteiger partial charge is 0.269 e. The lowest BCUT2D eigenvalue weighted by Gasteiger charge is -2.60. The number of carbonyl (C=O) groups is 1. The van der Waals surface area contributed by atoms with Crippen molar-refractivity contribution in [1.82, 2.24) is 4.90 Å². The van der Waals surface area contributed by atoms with Gasteiger partial charge in [-0.3, -0.25) is 14.9 Å². The van der Waals surface area contributed by atoms with Gasteiger partial charge in [0.15, 0.2) is 0 Å². The Morgan fingerprint density at radius 2 is 1.68 bits per heavy atom. The predicted octanol–water partition coefficient (Wildman–Crippen LogP) is 10.8. The number of aliphatic hydroxyl groups is 2. The molecule has 3 aliphatic rings. The van der Waals surface area contributed by atoms with Gasteiger partial charge in [-0.2, -0.15) is 5.26 Å². The zero-order valence-electron chi connectivity index (χ0n) is 38.4. The summed E-state index contributed by atoms with van der Waals surface area (Å²) >= 11 is 0. The minimum atomic E-state index is -1.47. The van der Waals surface area contributed by atoms with E-state index in [1.165, 1.54) is 12.1 Å². The van der Waals surface area contributed by atoms with E-state index >= 15 is 4.79 Å². The van der Waals surface area contributed by atoms with Crippen LogP contribution in [0.15, 0.2) is 139 Å². The maximum atomic E-state index is 15.1. The molecule has 0 spiro atoms. The lowest BCUT2D eigenvalue weighted by Crippen LogP contribution is -2.70. The molecule has 68 heavy (non-hydrogen) atoms. The second-order valence-corrected chi connectivity index (χ2v) is 17.8. The van der Waals surface area contributed by atoms with E-state index in [4.69, 9.17) is 24.2 Å². The summed E-state index contributed by atoms with van der Waals surface area (Å²) in [5.41, 5.74) is 3.92. The van der Waals surface area contributed by atoms with Gasteiger partial charge in [-0.15, -0.1) is 6.58 Å². The van der Waals surface area contributed by atoms with E-state index in [1.54, 1.807) is 42.5 Å². The van der Waals surface area contributed by atoms with Crippen LogP contribution in [0, 0.1) is 39.2 Å². The van der Waals surface area contributed by atoms with Crippen LogP contribution in [0.4, 0.5) is 5.69 Å². The fraction of sp³-hybridized carbons (Fsp3) is 0.364. The van der Waals surface area contributed by atoms with Gasteiger partial charge >= 0.3 is 0 Å². The first-order valence-corrected chi connectivity index (χ1v) is 23.6. The normalized spacial score (nSPS) is 21.9. The minimum Gasteiger partial charge on any atom is -0.459 e. The first kappa shape index (κ1) is 47.6. The van der Waals surface area contributed by atoms with Crippen molar-refractivity contribution >= 4 is 28.1 Å². The van der Waals surface area contributed by atoms with Gasteiger partial charge in [0.25, 0.3) is 11.6 Å². The van der Waals surface area contributed by atoms with E-state index in [0.717, 1.165) is 47.6 Å². The summed E-state index contributed by atoms with van der Waals surface area (Å²) in [5.74, 6) is -0.649. The van der Waals surface area contributed by atoms with Crippen molar-refractivity contribution in [1.29, 1.82) is 5.26 Å². The number of amides is 1. The number of nitro groups is 1. The van der Waals surface area contributed by atoms with Crippen molar-refractivity contribution in [2.75, 3.05) is 26.4 Å². The lowest BCUT2D eigenvalue weighted by atomic mass is 9.55. The summed E-state index contributed by atoms with van der Waals surface area (Å²) < 4.78 is 21.2. The number of oxime groups is 1. The molecule has 8 rings (SSSR count). The van der Waals surface area contributed by atoms with Crippen LogP contribution in [0.1, 0.15) is 91.3 Å². The van der Waals surface area contributed by atoms with E-state index < -0.39 is 22.7 Å². The Morgan fingerprint density at radius 3 is 2.38 bits per heavy atom. The topological polar surface area (TPSA) is 177 Å². The van der Waals surface area contributed by atoms with Crippen LogP contribution in [0.2, 0.25) is 0 Å². The number of nitriles is 1. The number of rotatable bonds is 21. The Kier molecular flexibility index (Phi) is 15.3. The second-order valence-electron chi connectivity index (χ2n) is 17.8. The van der Waals surface area contributed by atoms with E-state index in [1.807, 2.05) is 54.3 Å². The summed E-state index contributed by atoms with van der Waals surface area (Å²) in [4.78, 5) is 34.0. The number of allylic oxidation sites excluding steroid dienone is 1. The van der Waals surface area contributed by atoms with Gasteiger partial charge in [0, 0.05) is 55.4 Å². The molecule has 352 valence electrons. The highest BCUT2D eigenvalue weighted by Gasteiger charge is 2.65. The first-order valence-electron chi connectivity index (χ1n) is 23.6. The highest BCUT2D eigenvalue weighted by molar-refractivity contribution is 6.03. The molecule has 2 aliphatic carbocycles. The van der Waals surface area contributed by atoms with Gasteiger partial charge in [-0.05, 0) is 133 Å². The van der Waals surface area contributed by atoms with E-state index in [-0.39, 0.29) is 62.2 Å². The molecule has 0 aromatic heterocycles. The molecular weight excluding hydrogens is 861 g/mol. The number of ether oxygens (including phenoxy) is 3. The molecule has 1 heterocycles. The third-order valence-corrected chi connectivity index (χ3v) is 13.5. The van der Waals surface area contributed by atoms with Crippen molar-refractivity contribution in [3.05, 3.63) is 166 Å². The van der Waals surface area contributed by atoms with Crippen LogP contribution in [0.5, 0.6) is 17.2 Å². The molecule has 0 bridgehead atoms. The van der Waals surface area contributed by atoms with E-state index in [9.17, 15) is 25.6 Å². The lowest BCUT2D eigenvalue weighted by molar-refractivity contribution is -0.384. The SMILES string of the molecule is C=CCO[C@@]12Oc3ccc(Oc4ccc5ccccc5c4)cc3[C@H]3[C@H](CCCCO)[C@@H](CCCCO)C=C(C(=NOCc4ccc([N+](=O)[O-])cc4)C[C@@H]1N(CCC)C(=O)c1ccc(C#N)cc1)[C@H]32. The summed E-state index contributed by atoms with van der Waals surface area (Å²) in [6.07, 6.45) is 9.11. The maximum Gasteiger partial charge on any atom is 0.269 e. The average Bonchev–Trinajstić information content (AvgIpc) is 3.36. The molecule has 5 aromatic carbocycles. The maximum absolute atomic E-state index is 15.1. The number of benzene rings is 5. The number of nitrogens with zero attached hydrogens (tertiary/aromatic N) is 4. The second kappa shape index (κ2) is 21.8. The first-order chi connectivity index (χ1) is 33.2. The number of aliphatic hydroxyl groups excluding tert-OH is 2. The molecule has 1 fully saturated rings. The quantitative estimate of drug-likeness (QED) is 0.0312. The van der Waals surface area contributed by atoms with Crippen LogP contribution in [-0.4, -0.2) is 69.8 Å². The molecule has 1 amide bonds. The Labute approximate surface area is 397 Å². The van der Waals surface area contributed by atoms with Crippen molar-refractivity contribution < 1.29 is 39.0 Å². The fourth-order valence-corrected chi connectivity index (χ4v) is 10.5. The van der Waals surface area contributed by atoms with Crippen LogP contribution >= 0.6 is 0 Å². The number of hydrogen-bond donors (Lipinski definition) is 2. The number of non-ortho nitro benzene ring substituents is 1. The van der Waals surface area contributed by atoms with Crippen LogP contribution in [-0.2, 0) is 16.2 Å². The molecule has 0 unspecified atom stereocenters. The van der Waals surface area contributed by atoms with Gasteiger partial charge in [0.2, 0.25) is 5.79 Å². The molecule has 2 N–H and O–H groups in total. The van der Waals surface area contributed by atoms with Gasteiger partial charge in [-0.1, -0.05) is 67.4 Å². The van der Waals surface area contributed by atoms with Crippen molar-refractivity contribution in [2.45, 2.75) is 82.6 Å². The van der Waals surface area contributed by atoms with Crippen molar-refractivity contribution in [3.8, 4) is 23.3 Å². The Balaban J connectivity index is 1.32. The Morgan fingerprint density at radius 1 is 0.956 bits per heavy atom. The monoisotopic (exact) mass is 918 g/mol. The summed E-state index contributed by atoms with van der Waals surface area (Å²) in [6, 6.07) is 34.2. The fourth-order valence-electron chi connectivity index (χ4n) is 10.5.